The van der Waals surface area contributed by atoms with Crippen molar-refractivity contribution in [1.29, 1.82) is 0 Å². The summed E-state index contributed by atoms with van der Waals surface area (Å²) in [7, 11) is 0. The second kappa shape index (κ2) is 16.3. The highest BCUT2D eigenvalue weighted by atomic mass is 16.4. The van der Waals surface area contributed by atoms with Crippen molar-refractivity contribution < 1.29 is 19.8 Å². The van der Waals surface area contributed by atoms with Gasteiger partial charge in [0, 0.05) is 17.1 Å². The molecule has 7 nitrogen and oxygen atoms in total. The average molecular weight is 668 g/mol. The number of hydrogen-bond donors (Lipinski definition) is 2. The molecule has 0 aromatic heterocycles. The number of aryl methyl sites for hydroxylation is 2. The first-order chi connectivity index (χ1) is 24.6. The normalized spacial score (nSPS) is 11.7. The lowest BCUT2D eigenvalue weighted by atomic mass is 10.1. The molecule has 0 aliphatic rings. The third-order valence-electron chi connectivity index (χ3n) is 8.15. The van der Waals surface area contributed by atoms with E-state index in [0.29, 0.717) is 11.1 Å². The van der Waals surface area contributed by atoms with E-state index in [1.54, 1.807) is 24.3 Å². The van der Waals surface area contributed by atoms with Gasteiger partial charge in [0.05, 0.1) is 13.1 Å². The summed E-state index contributed by atoms with van der Waals surface area (Å²) in [6, 6.07) is 37.7. The van der Waals surface area contributed by atoms with Gasteiger partial charge in [0.25, 0.3) is 11.4 Å². The Balaban J connectivity index is 1.35. The SMILES string of the molecule is [C-]#[N+]C(=Cc1ccc(C=Cc2ccc(N(c3ccc(C=Cc4ccc(C=C([N+]#[C-])C(=O)O)cc4)cc3)c3ccc(C)c(C)c3)cc2)cc1)C(=O)O. The van der Waals surface area contributed by atoms with Gasteiger partial charge in [-0.15, -0.1) is 0 Å². The van der Waals surface area contributed by atoms with Crippen LogP contribution >= 0.6 is 0 Å². The van der Waals surface area contributed by atoms with Crippen molar-refractivity contribution in [2.45, 2.75) is 13.8 Å². The van der Waals surface area contributed by atoms with Crippen LogP contribution in [0.15, 0.2) is 127 Å². The topological polar surface area (TPSA) is 86.6 Å². The molecule has 0 saturated heterocycles. The summed E-state index contributed by atoms with van der Waals surface area (Å²) in [5.74, 6) is -2.49. The lowest BCUT2D eigenvalue weighted by Gasteiger charge is -2.26. The predicted molar refractivity (Wildman–Crippen MR) is 206 cm³/mol. The molecule has 0 aliphatic carbocycles. The largest absolute Gasteiger partial charge is 0.486 e. The summed E-state index contributed by atoms with van der Waals surface area (Å²) in [5, 5.41) is 18.2. The highest BCUT2D eigenvalue weighted by Crippen LogP contribution is 2.36. The van der Waals surface area contributed by atoms with Crippen LogP contribution in [0.5, 0.6) is 0 Å². The fourth-order valence-corrected chi connectivity index (χ4v) is 5.17. The Hall–Kier alpha value is -7.22. The van der Waals surface area contributed by atoms with E-state index in [-0.39, 0.29) is 11.4 Å². The summed E-state index contributed by atoms with van der Waals surface area (Å²) in [4.78, 5) is 30.6. The molecule has 248 valence electrons. The van der Waals surface area contributed by atoms with Crippen LogP contribution in [0, 0.1) is 27.0 Å². The van der Waals surface area contributed by atoms with Crippen molar-refractivity contribution in [3.63, 3.8) is 0 Å². The molecule has 0 amide bonds. The van der Waals surface area contributed by atoms with Crippen LogP contribution in [0.2, 0.25) is 0 Å². The van der Waals surface area contributed by atoms with E-state index in [1.807, 2.05) is 48.6 Å². The van der Waals surface area contributed by atoms with Crippen molar-refractivity contribution in [2.24, 2.45) is 0 Å². The molecule has 0 spiro atoms. The summed E-state index contributed by atoms with van der Waals surface area (Å²) >= 11 is 0. The van der Waals surface area contributed by atoms with E-state index < -0.39 is 11.9 Å². The monoisotopic (exact) mass is 667 g/mol. The van der Waals surface area contributed by atoms with Gasteiger partial charge < -0.3 is 15.1 Å². The lowest BCUT2D eigenvalue weighted by Crippen LogP contribution is -2.10. The first-order valence-corrected chi connectivity index (χ1v) is 15.9. The second-order valence-electron chi connectivity index (χ2n) is 11.7. The minimum atomic E-state index is -1.24. The summed E-state index contributed by atoms with van der Waals surface area (Å²) in [6.45, 7) is 18.3. The minimum Gasteiger partial charge on any atom is -0.486 e. The maximum Gasteiger partial charge on any atom is 0.333 e. The zero-order valence-electron chi connectivity index (χ0n) is 28.0. The van der Waals surface area contributed by atoms with E-state index >= 15 is 0 Å². The molecule has 0 saturated carbocycles. The maximum atomic E-state index is 11.1. The number of rotatable bonds is 11. The molecule has 0 aliphatic heterocycles. The van der Waals surface area contributed by atoms with Crippen molar-refractivity contribution >= 4 is 65.5 Å². The van der Waals surface area contributed by atoms with Crippen LogP contribution in [0.3, 0.4) is 0 Å². The Morgan fingerprint density at radius 1 is 0.490 bits per heavy atom. The van der Waals surface area contributed by atoms with Gasteiger partial charge in [0.15, 0.2) is 0 Å². The standard InChI is InChI=1S/C44H33N3O4/c1-30-5-22-40(27-31(30)2)47(38-23-18-34(19-24-38)8-6-32-10-14-36(15-11-32)28-41(45-3)43(48)49)39-25-20-35(21-26-39)9-7-33-12-16-37(17-13-33)29-42(46-4)44(50)51/h5-29H,1-2H3,(H,48,49)(H,50,51). The van der Waals surface area contributed by atoms with Gasteiger partial charge in [0.1, 0.15) is 0 Å². The van der Waals surface area contributed by atoms with E-state index in [0.717, 1.165) is 39.3 Å². The Kier molecular flexibility index (Phi) is 11.2. The van der Waals surface area contributed by atoms with Crippen LogP contribution in [0.1, 0.15) is 44.5 Å². The molecule has 0 heterocycles. The summed E-state index contributed by atoms with van der Waals surface area (Å²) in [5.41, 5.74) is 10.0. The number of carbonyl (C=O) groups is 2. The van der Waals surface area contributed by atoms with Gasteiger partial charge in [-0.2, -0.15) is 0 Å². The summed E-state index contributed by atoms with van der Waals surface area (Å²) < 4.78 is 0. The first kappa shape index (κ1) is 35.1. The van der Waals surface area contributed by atoms with E-state index in [1.165, 1.54) is 23.3 Å². The molecule has 2 N–H and O–H groups in total. The molecule has 0 fully saturated rings. The van der Waals surface area contributed by atoms with E-state index in [2.05, 4.69) is 95.2 Å². The molecule has 0 radical (unpaired) electrons. The van der Waals surface area contributed by atoms with Gasteiger partial charge in [-0.25, -0.2) is 9.69 Å². The quantitative estimate of drug-likeness (QED) is 0.0832. The molecule has 5 aromatic carbocycles. The zero-order chi connectivity index (χ0) is 36.3. The number of anilines is 3. The smallest absolute Gasteiger partial charge is 0.333 e. The number of carboxylic acids is 2. The minimum absolute atomic E-state index is 0.326. The average Bonchev–Trinajstić information content (AvgIpc) is 3.14. The van der Waals surface area contributed by atoms with Crippen molar-refractivity contribution in [3.8, 4) is 0 Å². The van der Waals surface area contributed by atoms with Crippen LogP contribution in [-0.4, -0.2) is 22.2 Å². The fourth-order valence-electron chi connectivity index (χ4n) is 5.17. The predicted octanol–water partition coefficient (Wildman–Crippen LogP) is 10.8. The van der Waals surface area contributed by atoms with Gasteiger partial charge >= 0.3 is 11.9 Å². The number of carboxylic acid groups (broad SMARTS) is 2. The number of aliphatic carboxylic acids is 2. The molecule has 0 bridgehead atoms. The Labute approximate surface area is 297 Å². The maximum absolute atomic E-state index is 11.1. The van der Waals surface area contributed by atoms with Crippen LogP contribution in [0.25, 0.3) is 46.1 Å². The third kappa shape index (κ3) is 9.23. The second-order valence-corrected chi connectivity index (χ2v) is 11.7. The number of hydrogen-bond acceptors (Lipinski definition) is 3. The van der Waals surface area contributed by atoms with Gasteiger partial charge in [-0.3, -0.25) is 9.59 Å². The molecule has 51 heavy (non-hydrogen) atoms. The Morgan fingerprint density at radius 2 is 0.804 bits per heavy atom. The Morgan fingerprint density at radius 3 is 1.12 bits per heavy atom. The zero-order valence-corrected chi connectivity index (χ0v) is 28.0. The van der Waals surface area contributed by atoms with Crippen molar-refractivity contribution in [2.75, 3.05) is 4.90 Å². The van der Waals surface area contributed by atoms with Crippen LogP contribution in [-0.2, 0) is 9.59 Å². The number of nitrogens with zero attached hydrogens (tertiary/aromatic N) is 3. The molecule has 5 rings (SSSR count). The molecule has 0 unspecified atom stereocenters. The van der Waals surface area contributed by atoms with Crippen LogP contribution < -0.4 is 4.90 Å². The van der Waals surface area contributed by atoms with E-state index in [4.69, 9.17) is 23.4 Å². The molecule has 5 aromatic rings. The molecule has 0 atom stereocenters. The van der Waals surface area contributed by atoms with Gasteiger partial charge in [0.2, 0.25) is 0 Å². The van der Waals surface area contributed by atoms with Gasteiger partial charge in [-0.05, 0) is 107 Å². The summed E-state index contributed by atoms with van der Waals surface area (Å²) in [6.07, 6.45) is 10.7. The highest BCUT2D eigenvalue weighted by molar-refractivity contribution is 5.94. The molecular formula is C44H33N3O4. The van der Waals surface area contributed by atoms with Gasteiger partial charge in [-0.1, -0.05) is 103 Å². The lowest BCUT2D eigenvalue weighted by molar-refractivity contribution is -0.133. The van der Waals surface area contributed by atoms with Crippen molar-refractivity contribution in [3.05, 3.63) is 194 Å². The third-order valence-corrected chi connectivity index (χ3v) is 8.15. The van der Waals surface area contributed by atoms with E-state index in [9.17, 15) is 9.59 Å². The fraction of sp³-hybridized carbons (Fsp3) is 0.0455. The molecular weight excluding hydrogens is 635 g/mol. The first-order valence-electron chi connectivity index (χ1n) is 15.9. The highest BCUT2D eigenvalue weighted by Gasteiger charge is 2.13. The number of benzene rings is 5. The molecule has 7 heteroatoms. The Bertz CT molecular complexity index is 2130. The van der Waals surface area contributed by atoms with Crippen molar-refractivity contribution in [1.82, 2.24) is 0 Å². The van der Waals surface area contributed by atoms with Crippen LogP contribution in [0.4, 0.5) is 17.1 Å².